The Kier molecular flexibility index (Phi) is 5.41. The van der Waals surface area contributed by atoms with Crippen LogP contribution in [0.1, 0.15) is 12.8 Å². The molecule has 1 N–H and O–H groups in total. The highest BCUT2D eigenvalue weighted by Gasteiger charge is 2.02. The molecule has 0 fully saturated rings. The van der Waals surface area contributed by atoms with Crippen LogP contribution in [0.2, 0.25) is 0 Å². The number of carbonyl (C=O) groups is 1. The van der Waals surface area contributed by atoms with Crippen LogP contribution < -0.4 is 0 Å². The molecule has 0 spiro atoms. The lowest BCUT2D eigenvalue weighted by atomic mass is 10.0. The highest BCUT2D eigenvalue weighted by molar-refractivity contribution is 14.0. The molecule has 0 unspecified atom stereocenters. The first-order valence-corrected chi connectivity index (χ1v) is 3.34. The van der Waals surface area contributed by atoms with Gasteiger partial charge in [-0.05, 0) is 18.1 Å². The smallest absolute Gasteiger partial charge is 0.159 e. The van der Waals surface area contributed by atoms with Crippen LogP contribution in [-0.2, 0) is 4.79 Å². The van der Waals surface area contributed by atoms with E-state index in [1.165, 1.54) is 0 Å². The summed E-state index contributed by atoms with van der Waals surface area (Å²) in [6.07, 6.45) is 6.40. The molecule has 0 amide bonds. The molecule has 0 radical (unpaired) electrons. The van der Waals surface area contributed by atoms with Crippen molar-refractivity contribution < 1.29 is 9.90 Å². The number of hydrogen-bond acceptors (Lipinski definition) is 2. The van der Waals surface area contributed by atoms with Gasteiger partial charge in [-0.1, -0.05) is 12.2 Å². The number of ketones is 1. The summed E-state index contributed by atoms with van der Waals surface area (Å²) in [7, 11) is 0. The predicted octanol–water partition coefficient (Wildman–Crippen LogP) is 1.44. The molecule has 3 heteroatoms. The summed E-state index contributed by atoms with van der Waals surface area (Å²) < 4.78 is 0. The van der Waals surface area contributed by atoms with Crippen molar-refractivity contribution in [2.24, 2.45) is 0 Å². The van der Waals surface area contributed by atoms with Crippen molar-refractivity contribution in [1.29, 1.82) is 0 Å². The summed E-state index contributed by atoms with van der Waals surface area (Å²) in [5.41, 5.74) is 0.929. The molecule has 1 aliphatic rings. The number of aliphatic hydroxyl groups excluding tert-OH is 1. The van der Waals surface area contributed by atoms with Crippen molar-refractivity contribution in [3.8, 4) is 0 Å². The maximum atomic E-state index is 10.7. The fourth-order valence-corrected chi connectivity index (χ4v) is 0.925. The van der Waals surface area contributed by atoms with Crippen LogP contribution in [0.15, 0.2) is 23.8 Å². The summed E-state index contributed by atoms with van der Waals surface area (Å²) in [5.74, 6) is 0.131. The minimum atomic E-state index is 0. The first kappa shape index (κ1) is 10.8. The molecule has 0 aromatic heterocycles. The molecule has 0 atom stereocenters. The lowest BCUT2D eigenvalue weighted by Gasteiger charge is -2.02. The second-order valence-electron chi connectivity index (χ2n) is 2.27. The monoisotopic (exact) mass is 266 g/mol. The highest BCUT2D eigenvalue weighted by Crippen LogP contribution is 2.09. The van der Waals surface area contributed by atoms with Crippen LogP contribution in [0, 0.1) is 0 Å². The third kappa shape index (κ3) is 3.67. The Labute approximate surface area is 83.0 Å². The van der Waals surface area contributed by atoms with Gasteiger partial charge < -0.3 is 5.11 Å². The van der Waals surface area contributed by atoms with E-state index in [9.17, 15) is 4.79 Å². The van der Waals surface area contributed by atoms with Crippen molar-refractivity contribution in [2.75, 3.05) is 6.61 Å². The highest BCUT2D eigenvalue weighted by atomic mass is 127. The van der Waals surface area contributed by atoms with Gasteiger partial charge in [0.15, 0.2) is 5.78 Å². The minimum Gasteiger partial charge on any atom is -0.396 e. The second kappa shape index (κ2) is 5.49. The average molecular weight is 266 g/mol. The predicted molar refractivity (Wildman–Crippen MR) is 54.0 cm³/mol. The Morgan fingerprint density at radius 1 is 1.55 bits per heavy atom. The van der Waals surface area contributed by atoms with Crippen LogP contribution in [0.3, 0.4) is 0 Å². The van der Waals surface area contributed by atoms with E-state index in [1.54, 1.807) is 6.08 Å². The molecular formula is C8H11IO2. The molecule has 1 rings (SSSR count). The molecule has 1 aliphatic carbocycles. The fraction of sp³-hybridized carbons (Fsp3) is 0.375. The van der Waals surface area contributed by atoms with Gasteiger partial charge in [-0.3, -0.25) is 4.79 Å². The van der Waals surface area contributed by atoms with Gasteiger partial charge in [0, 0.05) is 13.0 Å². The Balaban J connectivity index is 0.000001000. The van der Waals surface area contributed by atoms with Crippen LogP contribution in [0.4, 0.5) is 0 Å². The molecule has 0 aliphatic heterocycles. The van der Waals surface area contributed by atoms with Gasteiger partial charge in [0.2, 0.25) is 0 Å². The van der Waals surface area contributed by atoms with E-state index in [1.807, 2.05) is 12.2 Å². The van der Waals surface area contributed by atoms with Gasteiger partial charge in [-0.15, -0.1) is 24.0 Å². The van der Waals surface area contributed by atoms with Crippen LogP contribution in [0.5, 0.6) is 0 Å². The topological polar surface area (TPSA) is 37.3 Å². The van der Waals surface area contributed by atoms with Gasteiger partial charge in [0.25, 0.3) is 0 Å². The van der Waals surface area contributed by atoms with Crippen LogP contribution in [-0.4, -0.2) is 17.5 Å². The van der Waals surface area contributed by atoms with Crippen molar-refractivity contribution in [3.63, 3.8) is 0 Å². The van der Waals surface area contributed by atoms with Crippen molar-refractivity contribution in [2.45, 2.75) is 12.8 Å². The lowest BCUT2D eigenvalue weighted by Crippen LogP contribution is -1.98. The normalized spacial score (nSPS) is 15.7. The van der Waals surface area contributed by atoms with E-state index < -0.39 is 0 Å². The molecule has 0 aromatic carbocycles. The number of aliphatic hydroxyl groups is 1. The maximum absolute atomic E-state index is 10.7. The second-order valence-corrected chi connectivity index (χ2v) is 2.27. The summed E-state index contributed by atoms with van der Waals surface area (Å²) >= 11 is 0. The van der Waals surface area contributed by atoms with Gasteiger partial charge in [0.05, 0.1) is 0 Å². The average Bonchev–Trinajstić information content (AvgIpc) is 1.88. The summed E-state index contributed by atoms with van der Waals surface area (Å²) in [5, 5.41) is 8.52. The van der Waals surface area contributed by atoms with Crippen molar-refractivity contribution in [1.82, 2.24) is 0 Å². The third-order valence-corrected chi connectivity index (χ3v) is 1.40. The number of halogens is 1. The van der Waals surface area contributed by atoms with Gasteiger partial charge in [-0.2, -0.15) is 0 Å². The summed E-state index contributed by atoms with van der Waals surface area (Å²) in [6, 6.07) is 0. The fourth-order valence-electron chi connectivity index (χ4n) is 0.925. The Bertz CT molecular complexity index is 194. The Hall–Kier alpha value is -0.160. The molecule has 0 aromatic rings. The van der Waals surface area contributed by atoms with Crippen molar-refractivity contribution in [3.05, 3.63) is 23.8 Å². The molecule has 11 heavy (non-hydrogen) atoms. The summed E-state index contributed by atoms with van der Waals surface area (Å²) in [4.78, 5) is 10.7. The molecule has 0 heterocycles. The van der Waals surface area contributed by atoms with E-state index in [0.717, 1.165) is 5.57 Å². The van der Waals surface area contributed by atoms with Gasteiger partial charge >= 0.3 is 0 Å². The molecule has 0 bridgehead atoms. The lowest BCUT2D eigenvalue weighted by molar-refractivity contribution is -0.113. The number of rotatable bonds is 2. The maximum Gasteiger partial charge on any atom is 0.159 e. The number of allylic oxidation sites excluding steroid dienone is 3. The van der Waals surface area contributed by atoms with Crippen LogP contribution in [0.25, 0.3) is 0 Å². The van der Waals surface area contributed by atoms with Crippen LogP contribution >= 0.6 is 24.0 Å². The van der Waals surface area contributed by atoms with Gasteiger partial charge in [0.1, 0.15) is 0 Å². The van der Waals surface area contributed by atoms with Gasteiger partial charge in [-0.25, -0.2) is 0 Å². The summed E-state index contributed by atoms with van der Waals surface area (Å²) in [6.45, 7) is 0.115. The Morgan fingerprint density at radius 3 is 2.82 bits per heavy atom. The molecular weight excluding hydrogens is 255 g/mol. The van der Waals surface area contributed by atoms with E-state index >= 15 is 0 Å². The molecule has 2 nitrogen and oxygen atoms in total. The molecule has 62 valence electrons. The zero-order valence-corrected chi connectivity index (χ0v) is 8.45. The number of hydrogen-bond donors (Lipinski definition) is 1. The zero-order chi connectivity index (χ0) is 7.40. The van der Waals surface area contributed by atoms with E-state index in [4.69, 9.17) is 5.11 Å². The quantitative estimate of drug-likeness (QED) is 0.768. The largest absolute Gasteiger partial charge is 0.396 e. The minimum absolute atomic E-state index is 0. The first-order chi connectivity index (χ1) is 4.83. The van der Waals surface area contributed by atoms with E-state index in [-0.39, 0.29) is 36.4 Å². The first-order valence-electron chi connectivity index (χ1n) is 3.34. The zero-order valence-electron chi connectivity index (χ0n) is 6.12. The Morgan fingerprint density at radius 2 is 2.27 bits per heavy atom. The number of carbonyl (C=O) groups excluding carboxylic acids is 1. The SMILES string of the molecule is I.O=C1C=C(CCO)C=CC1. The van der Waals surface area contributed by atoms with Crippen molar-refractivity contribution >= 4 is 29.8 Å². The van der Waals surface area contributed by atoms with E-state index in [2.05, 4.69) is 0 Å². The van der Waals surface area contributed by atoms with E-state index in [0.29, 0.717) is 12.8 Å². The third-order valence-electron chi connectivity index (χ3n) is 1.40. The standard InChI is InChI=1S/C8H10O2.HI/c9-5-4-7-2-1-3-8(10)6-7;/h1-2,6,9H,3-5H2;1H. The molecule has 0 saturated carbocycles. The molecule has 0 saturated heterocycles.